The van der Waals surface area contributed by atoms with Crippen molar-refractivity contribution < 1.29 is 19.1 Å². The second kappa shape index (κ2) is 8.98. The van der Waals surface area contributed by atoms with Crippen LogP contribution >= 0.6 is 0 Å². The number of esters is 2. The van der Waals surface area contributed by atoms with Gasteiger partial charge in [0.2, 0.25) is 0 Å². The van der Waals surface area contributed by atoms with Crippen LogP contribution in [0.25, 0.3) is 5.69 Å². The molecule has 190 valence electrons. The van der Waals surface area contributed by atoms with Crippen molar-refractivity contribution in [3.05, 3.63) is 119 Å². The van der Waals surface area contributed by atoms with Crippen LogP contribution in [0.2, 0.25) is 0 Å². The number of benzene rings is 3. The Morgan fingerprint density at radius 3 is 2.03 bits per heavy atom. The first-order valence-corrected chi connectivity index (χ1v) is 13.2. The molecule has 2 fully saturated rings. The van der Waals surface area contributed by atoms with Crippen LogP contribution in [0, 0.1) is 24.7 Å². The molecule has 6 unspecified atom stereocenters. The summed E-state index contributed by atoms with van der Waals surface area (Å²) in [5, 5.41) is 0. The SMILES string of the molecule is Cc1nccn1-c1cccc2c1CC1C3CC(C(OC(=O)c4ccccc4)C3OC(=O)c3ccccc3)C21. The van der Waals surface area contributed by atoms with E-state index in [4.69, 9.17) is 9.47 Å². The first kappa shape index (κ1) is 23.0. The molecule has 4 aromatic rings. The maximum absolute atomic E-state index is 13.2. The third-order valence-electron chi connectivity index (χ3n) is 8.76. The number of carbonyl (C=O) groups is 2. The molecule has 0 radical (unpaired) electrons. The monoisotopic (exact) mass is 504 g/mol. The van der Waals surface area contributed by atoms with Gasteiger partial charge in [0, 0.05) is 24.2 Å². The number of nitrogens with zero attached hydrogens (tertiary/aromatic N) is 2. The van der Waals surface area contributed by atoms with Crippen LogP contribution in [0.1, 0.15) is 50.0 Å². The summed E-state index contributed by atoms with van der Waals surface area (Å²) in [4.78, 5) is 30.8. The standard InChI is InChI=1S/C32H28N2O4/c1-19-33-15-16-34(19)27-14-8-13-22-23(27)17-24-25-18-26(28(22)24)30(38-32(36)21-11-6-3-7-12-21)29(25)37-31(35)20-9-4-2-5-10-20/h2-16,24-26,28-30H,17-18H2,1H3. The summed E-state index contributed by atoms with van der Waals surface area (Å²) >= 11 is 0. The lowest BCUT2D eigenvalue weighted by Crippen LogP contribution is -2.45. The Bertz CT molecular complexity index is 1510. The Morgan fingerprint density at radius 2 is 1.42 bits per heavy atom. The van der Waals surface area contributed by atoms with Crippen molar-refractivity contribution in [1.29, 1.82) is 0 Å². The van der Waals surface area contributed by atoms with Gasteiger partial charge in [-0.15, -0.1) is 0 Å². The number of rotatable bonds is 5. The van der Waals surface area contributed by atoms with Crippen LogP contribution in [0.3, 0.4) is 0 Å². The number of ether oxygens (including phenoxy) is 2. The lowest BCUT2D eigenvalue weighted by atomic mass is 9.76. The summed E-state index contributed by atoms with van der Waals surface area (Å²) in [6, 6.07) is 24.6. The van der Waals surface area contributed by atoms with E-state index < -0.39 is 12.2 Å². The molecule has 6 atom stereocenters. The zero-order valence-electron chi connectivity index (χ0n) is 21.1. The molecule has 1 aromatic heterocycles. The average molecular weight is 505 g/mol. The van der Waals surface area contributed by atoms with E-state index in [2.05, 4.69) is 27.8 Å². The first-order chi connectivity index (χ1) is 18.6. The highest BCUT2D eigenvalue weighted by molar-refractivity contribution is 5.90. The maximum Gasteiger partial charge on any atom is 0.338 e. The van der Waals surface area contributed by atoms with E-state index in [0.717, 1.165) is 24.4 Å². The number of hydrogen-bond donors (Lipinski definition) is 0. The largest absolute Gasteiger partial charge is 0.455 e. The van der Waals surface area contributed by atoms with Gasteiger partial charge in [0.25, 0.3) is 0 Å². The average Bonchev–Trinajstić information content (AvgIpc) is 3.71. The van der Waals surface area contributed by atoms with Crippen molar-refractivity contribution in [2.24, 2.45) is 17.8 Å². The molecule has 0 amide bonds. The summed E-state index contributed by atoms with van der Waals surface area (Å²) in [6.07, 6.45) is 4.64. The second-order valence-electron chi connectivity index (χ2n) is 10.6. The number of hydrogen-bond acceptors (Lipinski definition) is 5. The molecule has 3 aliphatic rings. The van der Waals surface area contributed by atoms with Crippen molar-refractivity contribution in [2.75, 3.05) is 0 Å². The molecule has 0 N–H and O–H groups in total. The summed E-state index contributed by atoms with van der Waals surface area (Å²) < 4.78 is 14.5. The Labute approximate surface area is 221 Å². The van der Waals surface area contributed by atoms with Gasteiger partial charge in [-0.05, 0) is 73.1 Å². The van der Waals surface area contributed by atoms with Crippen molar-refractivity contribution in [3.63, 3.8) is 0 Å². The first-order valence-electron chi connectivity index (χ1n) is 13.2. The minimum Gasteiger partial charge on any atom is -0.455 e. The van der Waals surface area contributed by atoms with Gasteiger partial charge in [-0.2, -0.15) is 0 Å². The Hall–Kier alpha value is -4.19. The Morgan fingerprint density at radius 1 is 0.789 bits per heavy atom. The molecular weight excluding hydrogens is 476 g/mol. The van der Waals surface area contributed by atoms with Crippen LogP contribution in [0.4, 0.5) is 0 Å². The molecule has 6 nitrogen and oxygen atoms in total. The smallest absolute Gasteiger partial charge is 0.338 e. The van der Waals surface area contributed by atoms with Gasteiger partial charge >= 0.3 is 11.9 Å². The van der Waals surface area contributed by atoms with E-state index in [9.17, 15) is 9.59 Å². The highest BCUT2D eigenvalue weighted by Crippen LogP contribution is 2.63. The Balaban J connectivity index is 1.24. The highest BCUT2D eigenvalue weighted by Gasteiger charge is 2.63. The van der Waals surface area contributed by atoms with E-state index in [1.807, 2.05) is 55.7 Å². The summed E-state index contributed by atoms with van der Waals surface area (Å²) in [6.45, 7) is 2.01. The maximum atomic E-state index is 13.2. The Kier molecular flexibility index (Phi) is 5.43. The molecule has 0 saturated heterocycles. The third-order valence-corrected chi connectivity index (χ3v) is 8.76. The van der Waals surface area contributed by atoms with Crippen molar-refractivity contribution in [3.8, 4) is 5.69 Å². The predicted molar refractivity (Wildman–Crippen MR) is 141 cm³/mol. The number of aryl methyl sites for hydroxylation is 1. The third kappa shape index (κ3) is 3.58. The fraction of sp³-hybridized carbons (Fsp3) is 0.281. The molecule has 2 saturated carbocycles. The fourth-order valence-electron chi connectivity index (χ4n) is 7.22. The molecule has 0 aliphatic heterocycles. The van der Waals surface area contributed by atoms with Gasteiger partial charge < -0.3 is 14.0 Å². The van der Waals surface area contributed by atoms with Crippen molar-refractivity contribution in [1.82, 2.24) is 9.55 Å². The zero-order chi connectivity index (χ0) is 25.8. The van der Waals surface area contributed by atoms with E-state index in [1.54, 1.807) is 24.3 Å². The van der Waals surface area contributed by atoms with E-state index in [-0.39, 0.29) is 29.7 Å². The van der Waals surface area contributed by atoms with Crippen molar-refractivity contribution >= 4 is 11.9 Å². The van der Waals surface area contributed by atoms with Gasteiger partial charge in [0.05, 0.1) is 16.8 Å². The molecule has 1 heterocycles. The van der Waals surface area contributed by atoms with E-state index >= 15 is 0 Å². The minimum atomic E-state index is -0.494. The number of fused-ring (bicyclic) bond motifs is 7. The molecule has 38 heavy (non-hydrogen) atoms. The molecule has 3 aliphatic carbocycles. The van der Waals surface area contributed by atoms with Gasteiger partial charge in [-0.3, -0.25) is 0 Å². The molecule has 7 rings (SSSR count). The number of imidazole rings is 1. The van der Waals surface area contributed by atoms with Gasteiger partial charge in [-0.1, -0.05) is 48.5 Å². The molecule has 3 aromatic carbocycles. The van der Waals surface area contributed by atoms with Crippen LogP contribution in [0.15, 0.2) is 91.3 Å². The molecule has 2 bridgehead atoms. The van der Waals surface area contributed by atoms with E-state index in [1.165, 1.54) is 11.1 Å². The van der Waals surface area contributed by atoms with Gasteiger partial charge in [0.15, 0.2) is 0 Å². The quantitative estimate of drug-likeness (QED) is 0.334. The fourth-order valence-corrected chi connectivity index (χ4v) is 7.22. The van der Waals surface area contributed by atoms with E-state index in [0.29, 0.717) is 17.0 Å². The second-order valence-corrected chi connectivity index (χ2v) is 10.6. The molecular formula is C32H28N2O4. The minimum absolute atomic E-state index is 0.0895. The zero-order valence-corrected chi connectivity index (χ0v) is 21.1. The molecule has 6 heteroatoms. The predicted octanol–water partition coefficient (Wildman–Crippen LogP) is 5.54. The van der Waals surface area contributed by atoms with Gasteiger partial charge in [0.1, 0.15) is 18.0 Å². The lowest BCUT2D eigenvalue weighted by molar-refractivity contribution is -0.0698. The topological polar surface area (TPSA) is 70.4 Å². The number of aromatic nitrogens is 2. The molecule has 0 spiro atoms. The summed E-state index contributed by atoms with van der Waals surface area (Å²) in [5.41, 5.74) is 4.81. The lowest BCUT2D eigenvalue weighted by Gasteiger charge is -2.37. The summed E-state index contributed by atoms with van der Waals surface area (Å²) in [5.74, 6) is 1.01. The summed E-state index contributed by atoms with van der Waals surface area (Å²) in [7, 11) is 0. The number of carbonyl (C=O) groups excluding carboxylic acids is 2. The van der Waals surface area contributed by atoms with Crippen LogP contribution in [0.5, 0.6) is 0 Å². The van der Waals surface area contributed by atoms with Gasteiger partial charge in [-0.25, -0.2) is 14.6 Å². The normalized spacial score (nSPS) is 26.6. The van der Waals surface area contributed by atoms with Crippen LogP contribution in [-0.4, -0.2) is 33.7 Å². The van der Waals surface area contributed by atoms with Crippen LogP contribution in [-0.2, 0) is 15.9 Å². The van der Waals surface area contributed by atoms with Crippen LogP contribution < -0.4 is 0 Å². The van der Waals surface area contributed by atoms with Crippen molar-refractivity contribution in [2.45, 2.75) is 37.9 Å². The highest BCUT2D eigenvalue weighted by atomic mass is 16.6.